The van der Waals surface area contributed by atoms with Gasteiger partial charge in [0.1, 0.15) is 11.9 Å². The second-order valence-corrected chi connectivity index (χ2v) is 5.10. The Balaban J connectivity index is 2.00. The van der Waals surface area contributed by atoms with E-state index < -0.39 is 36.0 Å². The Bertz CT molecular complexity index is 448. The van der Waals surface area contributed by atoms with E-state index in [0.717, 1.165) is 12.8 Å². The first-order valence-electron chi connectivity index (χ1n) is 6.67. The second-order valence-electron chi connectivity index (χ2n) is 5.10. The number of nitrogens with one attached hydrogen (secondary N) is 1. The van der Waals surface area contributed by atoms with E-state index in [4.69, 9.17) is 9.84 Å². The number of ether oxygens (including phenoxy) is 1. The highest BCUT2D eigenvalue weighted by atomic mass is 16.6. The van der Waals surface area contributed by atoms with Crippen molar-refractivity contribution in [2.45, 2.75) is 50.0 Å². The van der Waals surface area contributed by atoms with Crippen molar-refractivity contribution in [1.29, 1.82) is 0 Å². The highest BCUT2D eigenvalue weighted by molar-refractivity contribution is 6.12. The topological polar surface area (TPSA) is 119 Å². The highest BCUT2D eigenvalue weighted by Crippen LogP contribution is 2.32. The standard InChI is InChI=1S/C13H19NO6/c1-2-3-8-9(20-8)4-5-10(16)13(19)11(17)7(6-15)14-12(13)18/h4,7-8,11,15,17,19H,2-3,5-6H2,1H3,(H,14,18)/t7-,8?,11-,13+/m0/s1. The van der Waals surface area contributed by atoms with Gasteiger partial charge in [0.25, 0.3) is 5.91 Å². The molecule has 2 fully saturated rings. The van der Waals surface area contributed by atoms with Crippen molar-refractivity contribution in [2.24, 2.45) is 0 Å². The van der Waals surface area contributed by atoms with Gasteiger partial charge < -0.3 is 25.4 Å². The zero-order valence-electron chi connectivity index (χ0n) is 11.2. The van der Waals surface area contributed by atoms with Crippen LogP contribution in [-0.2, 0) is 14.3 Å². The maximum Gasteiger partial charge on any atom is 0.263 e. The van der Waals surface area contributed by atoms with E-state index in [1.54, 1.807) is 0 Å². The van der Waals surface area contributed by atoms with Crippen molar-refractivity contribution in [2.75, 3.05) is 6.61 Å². The summed E-state index contributed by atoms with van der Waals surface area (Å²) < 4.78 is 5.22. The van der Waals surface area contributed by atoms with E-state index in [2.05, 4.69) is 5.32 Å². The lowest BCUT2D eigenvalue weighted by atomic mass is 9.89. The molecule has 0 aromatic rings. The highest BCUT2D eigenvalue weighted by Gasteiger charge is 2.58. The Morgan fingerprint density at radius 3 is 2.80 bits per heavy atom. The number of ketones is 1. The molecule has 4 atom stereocenters. The van der Waals surface area contributed by atoms with Crippen molar-refractivity contribution in [3.05, 3.63) is 11.8 Å². The number of hydrogen-bond acceptors (Lipinski definition) is 6. The molecule has 1 unspecified atom stereocenters. The second kappa shape index (κ2) is 5.51. The van der Waals surface area contributed by atoms with Crippen LogP contribution in [0.3, 0.4) is 0 Å². The number of aliphatic hydroxyl groups is 3. The number of hydrogen-bond donors (Lipinski definition) is 4. The van der Waals surface area contributed by atoms with Gasteiger partial charge in [-0.1, -0.05) is 13.3 Å². The molecular weight excluding hydrogens is 266 g/mol. The van der Waals surface area contributed by atoms with E-state index in [1.807, 2.05) is 6.92 Å². The van der Waals surface area contributed by atoms with Crippen LogP contribution in [-0.4, -0.2) is 57.5 Å². The number of rotatable bonds is 6. The van der Waals surface area contributed by atoms with Gasteiger partial charge in [-0.15, -0.1) is 0 Å². The number of carbonyl (C=O) groups is 2. The van der Waals surface area contributed by atoms with E-state index in [0.29, 0.717) is 5.76 Å². The Kier molecular flexibility index (Phi) is 4.12. The molecule has 0 spiro atoms. The molecule has 2 aliphatic rings. The Hall–Kier alpha value is -1.44. The Morgan fingerprint density at radius 2 is 2.25 bits per heavy atom. The zero-order chi connectivity index (χ0) is 14.9. The van der Waals surface area contributed by atoms with Crippen LogP contribution in [0, 0.1) is 0 Å². The van der Waals surface area contributed by atoms with Crippen molar-refractivity contribution >= 4 is 11.7 Å². The fourth-order valence-electron chi connectivity index (χ4n) is 2.34. The third kappa shape index (κ3) is 2.44. The predicted octanol–water partition coefficient (Wildman–Crippen LogP) is -1.39. The van der Waals surface area contributed by atoms with E-state index in [9.17, 15) is 19.8 Å². The van der Waals surface area contributed by atoms with Crippen LogP contribution in [0.2, 0.25) is 0 Å². The first-order chi connectivity index (χ1) is 9.44. The summed E-state index contributed by atoms with van der Waals surface area (Å²) in [5, 5.41) is 31.1. The lowest BCUT2D eigenvalue weighted by molar-refractivity contribution is -0.156. The Labute approximate surface area is 116 Å². The largest absolute Gasteiger partial charge is 0.483 e. The van der Waals surface area contributed by atoms with Crippen LogP contribution in [0.5, 0.6) is 0 Å². The van der Waals surface area contributed by atoms with Crippen LogP contribution in [0.15, 0.2) is 11.8 Å². The zero-order valence-corrected chi connectivity index (χ0v) is 11.2. The number of amides is 1. The van der Waals surface area contributed by atoms with E-state index in [-0.39, 0.29) is 12.5 Å². The summed E-state index contributed by atoms with van der Waals surface area (Å²) >= 11 is 0. The average Bonchev–Trinajstić information content (AvgIpc) is 3.13. The molecule has 2 aliphatic heterocycles. The number of Topliss-reactive ketones (excluding diaryl/α,β-unsaturated/α-hetero) is 1. The van der Waals surface area contributed by atoms with E-state index >= 15 is 0 Å². The van der Waals surface area contributed by atoms with Gasteiger partial charge in [-0.05, 0) is 12.5 Å². The molecule has 0 bridgehead atoms. The molecule has 0 aliphatic carbocycles. The normalized spacial score (nSPS) is 37.7. The van der Waals surface area contributed by atoms with Crippen LogP contribution < -0.4 is 5.32 Å². The minimum atomic E-state index is -2.50. The molecule has 2 rings (SSSR count). The molecule has 4 N–H and O–H groups in total. The molecule has 0 aromatic carbocycles. The third-order valence-corrected chi connectivity index (χ3v) is 3.67. The van der Waals surface area contributed by atoms with Crippen LogP contribution in [0.1, 0.15) is 26.2 Å². The molecule has 112 valence electrons. The number of epoxide rings is 1. The summed E-state index contributed by atoms with van der Waals surface area (Å²) in [5.74, 6) is -1.11. The summed E-state index contributed by atoms with van der Waals surface area (Å²) in [4.78, 5) is 23.6. The van der Waals surface area contributed by atoms with Crippen LogP contribution >= 0.6 is 0 Å². The number of allylic oxidation sites excluding steroid dienone is 1. The molecule has 20 heavy (non-hydrogen) atoms. The third-order valence-electron chi connectivity index (χ3n) is 3.67. The fraction of sp³-hybridized carbons (Fsp3) is 0.692. The van der Waals surface area contributed by atoms with Gasteiger partial charge >= 0.3 is 0 Å². The summed E-state index contributed by atoms with van der Waals surface area (Å²) in [6.07, 6.45) is 1.51. The predicted molar refractivity (Wildman–Crippen MR) is 67.5 cm³/mol. The molecule has 2 saturated heterocycles. The van der Waals surface area contributed by atoms with Crippen molar-refractivity contribution in [1.82, 2.24) is 5.32 Å². The average molecular weight is 285 g/mol. The SMILES string of the molecule is CCCC1OC1=CCC(=O)[C@]1(O)C(=O)N[C@@H](CO)[C@@H]1O. The quantitative estimate of drug-likeness (QED) is 0.352. The molecule has 0 radical (unpaired) electrons. The van der Waals surface area contributed by atoms with Gasteiger partial charge in [-0.2, -0.15) is 0 Å². The van der Waals surface area contributed by atoms with Crippen molar-refractivity contribution in [3.63, 3.8) is 0 Å². The summed E-state index contributed by atoms with van der Waals surface area (Å²) in [6.45, 7) is 1.46. The lowest BCUT2D eigenvalue weighted by Crippen LogP contribution is -2.53. The molecule has 7 nitrogen and oxygen atoms in total. The van der Waals surface area contributed by atoms with Crippen LogP contribution in [0.25, 0.3) is 0 Å². The molecule has 0 aromatic heterocycles. The number of carbonyl (C=O) groups excluding carboxylic acids is 2. The number of aliphatic hydroxyl groups excluding tert-OH is 2. The summed E-state index contributed by atoms with van der Waals surface area (Å²) in [6, 6.07) is -1.03. The molecular formula is C13H19NO6. The Morgan fingerprint density at radius 1 is 1.55 bits per heavy atom. The van der Waals surface area contributed by atoms with Gasteiger partial charge in [0.15, 0.2) is 11.9 Å². The molecule has 1 amide bonds. The summed E-state index contributed by atoms with van der Waals surface area (Å²) in [5.41, 5.74) is -2.50. The van der Waals surface area contributed by atoms with Gasteiger partial charge in [-0.3, -0.25) is 9.59 Å². The van der Waals surface area contributed by atoms with Crippen molar-refractivity contribution < 1.29 is 29.6 Å². The van der Waals surface area contributed by atoms with Gasteiger partial charge in [0, 0.05) is 6.42 Å². The minimum absolute atomic E-state index is 0.0231. The van der Waals surface area contributed by atoms with Gasteiger partial charge in [-0.25, -0.2) is 0 Å². The molecule has 0 saturated carbocycles. The van der Waals surface area contributed by atoms with Crippen molar-refractivity contribution in [3.8, 4) is 0 Å². The lowest BCUT2D eigenvalue weighted by Gasteiger charge is -2.22. The fourth-order valence-corrected chi connectivity index (χ4v) is 2.34. The maximum absolute atomic E-state index is 12.0. The minimum Gasteiger partial charge on any atom is -0.483 e. The maximum atomic E-state index is 12.0. The monoisotopic (exact) mass is 285 g/mol. The van der Waals surface area contributed by atoms with Crippen LogP contribution in [0.4, 0.5) is 0 Å². The van der Waals surface area contributed by atoms with Gasteiger partial charge in [0.05, 0.1) is 12.6 Å². The molecule has 2 heterocycles. The first-order valence-corrected chi connectivity index (χ1v) is 6.67. The summed E-state index contributed by atoms with van der Waals surface area (Å²) in [7, 11) is 0. The van der Waals surface area contributed by atoms with Gasteiger partial charge in [0.2, 0.25) is 5.60 Å². The smallest absolute Gasteiger partial charge is 0.263 e. The first kappa shape index (κ1) is 15.0. The van der Waals surface area contributed by atoms with E-state index in [1.165, 1.54) is 6.08 Å². The molecule has 7 heteroatoms.